The number of ether oxygens (including phenoxy) is 1. The molecule has 0 saturated heterocycles. The summed E-state index contributed by atoms with van der Waals surface area (Å²) >= 11 is 0. The predicted octanol–water partition coefficient (Wildman–Crippen LogP) is 4.46. The van der Waals surface area contributed by atoms with E-state index in [-0.39, 0.29) is 11.8 Å². The van der Waals surface area contributed by atoms with Gasteiger partial charge in [-0.1, -0.05) is 48.5 Å². The van der Waals surface area contributed by atoms with Crippen molar-refractivity contribution in [1.82, 2.24) is 15.5 Å². The van der Waals surface area contributed by atoms with Crippen LogP contribution in [0.3, 0.4) is 0 Å². The minimum absolute atomic E-state index is 0.290. The SMILES string of the molecule is COc1cc(NC(=O)[C@@H](CCc2ccccc2)NC(=O)c2ccccc2)ccc1-c1cn[nH]c1. The Labute approximate surface area is 198 Å². The van der Waals surface area contributed by atoms with Crippen molar-refractivity contribution in [2.75, 3.05) is 12.4 Å². The van der Waals surface area contributed by atoms with Gasteiger partial charge in [-0.15, -0.1) is 0 Å². The number of anilines is 1. The second-order valence-corrected chi connectivity index (χ2v) is 7.81. The molecule has 0 radical (unpaired) electrons. The minimum Gasteiger partial charge on any atom is -0.496 e. The van der Waals surface area contributed by atoms with Crippen molar-refractivity contribution in [2.45, 2.75) is 18.9 Å². The second-order valence-electron chi connectivity index (χ2n) is 7.81. The number of H-pyrrole nitrogens is 1. The second kappa shape index (κ2) is 11.0. The van der Waals surface area contributed by atoms with Gasteiger partial charge in [0.1, 0.15) is 11.8 Å². The molecule has 0 fully saturated rings. The van der Waals surface area contributed by atoms with Crippen molar-refractivity contribution >= 4 is 17.5 Å². The monoisotopic (exact) mass is 454 g/mol. The van der Waals surface area contributed by atoms with Crippen molar-refractivity contribution in [2.24, 2.45) is 0 Å². The number of carbonyl (C=O) groups is 2. The maximum absolute atomic E-state index is 13.2. The van der Waals surface area contributed by atoms with E-state index in [1.54, 1.807) is 55.9 Å². The van der Waals surface area contributed by atoms with Gasteiger partial charge in [-0.25, -0.2) is 0 Å². The standard InChI is InChI=1S/C27H26N4O3/c1-34-25-16-22(13-14-23(25)21-17-28-29-18-21)30-27(33)24(15-12-19-8-4-2-5-9-19)31-26(32)20-10-6-3-7-11-20/h2-11,13-14,16-18,24H,12,15H2,1H3,(H,28,29)(H,30,33)(H,31,32)/t24-/m1/s1. The number of benzene rings is 3. The molecule has 1 atom stereocenters. The summed E-state index contributed by atoms with van der Waals surface area (Å²) < 4.78 is 5.52. The Morgan fingerprint density at radius 2 is 1.74 bits per heavy atom. The largest absolute Gasteiger partial charge is 0.496 e. The Morgan fingerprint density at radius 3 is 2.41 bits per heavy atom. The number of aromatic amines is 1. The Hall–Kier alpha value is -4.39. The summed E-state index contributed by atoms with van der Waals surface area (Å²) in [5.41, 5.74) is 3.91. The third kappa shape index (κ3) is 5.69. The molecule has 0 unspecified atom stereocenters. The van der Waals surface area contributed by atoms with Crippen LogP contribution in [0.2, 0.25) is 0 Å². The number of methoxy groups -OCH3 is 1. The molecule has 3 aromatic carbocycles. The van der Waals surface area contributed by atoms with Gasteiger partial charge in [0.2, 0.25) is 5.91 Å². The Morgan fingerprint density at radius 1 is 1.00 bits per heavy atom. The van der Waals surface area contributed by atoms with Crippen LogP contribution in [0.5, 0.6) is 5.75 Å². The lowest BCUT2D eigenvalue weighted by Gasteiger charge is -2.19. The summed E-state index contributed by atoms with van der Waals surface area (Å²) in [6.07, 6.45) is 4.58. The van der Waals surface area contributed by atoms with Crippen molar-refractivity contribution in [3.63, 3.8) is 0 Å². The molecule has 1 heterocycles. The molecule has 0 aliphatic heterocycles. The molecule has 1 aromatic heterocycles. The molecule has 3 N–H and O–H groups in total. The van der Waals surface area contributed by atoms with E-state index < -0.39 is 6.04 Å². The van der Waals surface area contributed by atoms with Gasteiger partial charge < -0.3 is 15.4 Å². The van der Waals surface area contributed by atoms with Crippen LogP contribution in [0.25, 0.3) is 11.1 Å². The molecule has 4 aromatic rings. The van der Waals surface area contributed by atoms with Gasteiger partial charge in [-0.05, 0) is 42.7 Å². The average molecular weight is 455 g/mol. The van der Waals surface area contributed by atoms with E-state index in [9.17, 15) is 9.59 Å². The molecule has 34 heavy (non-hydrogen) atoms. The van der Waals surface area contributed by atoms with Crippen LogP contribution in [-0.4, -0.2) is 35.2 Å². The molecule has 2 amide bonds. The van der Waals surface area contributed by atoms with Gasteiger partial charge in [0.25, 0.3) is 5.91 Å². The first-order valence-corrected chi connectivity index (χ1v) is 11.0. The molecular weight excluding hydrogens is 428 g/mol. The number of nitrogens with one attached hydrogen (secondary N) is 3. The highest BCUT2D eigenvalue weighted by Gasteiger charge is 2.22. The fourth-order valence-corrected chi connectivity index (χ4v) is 3.69. The molecule has 4 rings (SSSR count). The van der Waals surface area contributed by atoms with Crippen molar-refractivity contribution < 1.29 is 14.3 Å². The van der Waals surface area contributed by atoms with E-state index in [0.717, 1.165) is 16.7 Å². The predicted molar refractivity (Wildman–Crippen MR) is 132 cm³/mol. The fourth-order valence-electron chi connectivity index (χ4n) is 3.69. The van der Waals surface area contributed by atoms with E-state index in [4.69, 9.17) is 4.74 Å². The number of rotatable bonds is 9. The number of carbonyl (C=O) groups excluding carboxylic acids is 2. The molecule has 0 aliphatic carbocycles. The molecule has 0 aliphatic rings. The number of hydrogen-bond donors (Lipinski definition) is 3. The first-order chi connectivity index (χ1) is 16.6. The van der Waals surface area contributed by atoms with Gasteiger partial charge >= 0.3 is 0 Å². The molecule has 7 nitrogen and oxygen atoms in total. The topological polar surface area (TPSA) is 96.1 Å². The molecular formula is C27H26N4O3. The molecule has 7 heteroatoms. The zero-order valence-corrected chi connectivity index (χ0v) is 18.8. The summed E-state index contributed by atoms with van der Waals surface area (Å²) in [5.74, 6) is 0.0216. The van der Waals surface area contributed by atoms with E-state index in [1.807, 2.05) is 42.5 Å². The average Bonchev–Trinajstić information content (AvgIpc) is 3.42. The highest BCUT2D eigenvalue weighted by Crippen LogP contribution is 2.32. The molecule has 172 valence electrons. The van der Waals surface area contributed by atoms with Gasteiger partial charge in [0.05, 0.1) is 13.3 Å². The minimum atomic E-state index is -0.715. The van der Waals surface area contributed by atoms with E-state index >= 15 is 0 Å². The van der Waals surface area contributed by atoms with Crippen LogP contribution in [0.1, 0.15) is 22.3 Å². The van der Waals surface area contributed by atoms with Gasteiger partial charge in [0.15, 0.2) is 0 Å². The lowest BCUT2D eigenvalue weighted by molar-refractivity contribution is -0.118. The van der Waals surface area contributed by atoms with Crippen molar-refractivity contribution in [3.05, 3.63) is 102 Å². The number of hydrogen-bond acceptors (Lipinski definition) is 4. The Kier molecular flexibility index (Phi) is 7.35. The Bertz CT molecular complexity index is 1230. The van der Waals surface area contributed by atoms with Crippen molar-refractivity contribution in [3.8, 4) is 16.9 Å². The summed E-state index contributed by atoms with van der Waals surface area (Å²) in [5, 5.41) is 12.6. The van der Waals surface area contributed by atoms with Crippen LogP contribution in [0, 0.1) is 0 Å². The fraction of sp³-hybridized carbons (Fsp3) is 0.148. The maximum Gasteiger partial charge on any atom is 0.251 e. The summed E-state index contributed by atoms with van der Waals surface area (Å²) in [4.78, 5) is 26.0. The van der Waals surface area contributed by atoms with Crippen LogP contribution >= 0.6 is 0 Å². The number of aryl methyl sites for hydroxylation is 1. The van der Waals surface area contributed by atoms with Crippen LogP contribution in [0.15, 0.2) is 91.3 Å². The molecule has 0 saturated carbocycles. The number of nitrogens with zero attached hydrogens (tertiary/aromatic N) is 1. The van der Waals surface area contributed by atoms with E-state index in [1.165, 1.54) is 0 Å². The smallest absolute Gasteiger partial charge is 0.251 e. The molecule has 0 bridgehead atoms. The summed E-state index contributed by atoms with van der Waals surface area (Å²) in [6.45, 7) is 0. The van der Waals surface area contributed by atoms with Gasteiger partial charge in [-0.3, -0.25) is 14.7 Å². The highest BCUT2D eigenvalue weighted by atomic mass is 16.5. The Balaban J connectivity index is 1.51. The van der Waals surface area contributed by atoms with Crippen molar-refractivity contribution in [1.29, 1.82) is 0 Å². The van der Waals surface area contributed by atoms with Crippen LogP contribution in [-0.2, 0) is 11.2 Å². The summed E-state index contributed by atoms with van der Waals surface area (Å²) in [6, 6.07) is 23.5. The van der Waals surface area contributed by atoms with Crippen LogP contribution < -0.4 is 15.4 Å². The zero-order valence-electron chi connectivity index (χ0n) is 18.8. The first kappa shape index (κ1) is 22.8. The number of aromatic nitrogens is 2. The van der Waals surface area contributed by atoms with E-state index in [2.05, 4.69) is 20.8 Å². The third-order valence-corrected chi connectivity index (χ3v) is 5.50. The third-order valence-electron chi connectivity index (χ3n) is 5.50. The van der Waals surface area contributed by atoms with Gasteiger partial charge in [0, 0.05) is 34.6 Å². The normalized spacial score (nSPS) is 11.4. The van der Waals surface area contributed by atoms with Gasteiger partial charge in [-0.2, -0.15) is 5.10 Å². The first-order valence-electron chi connectivity index (χ1n) is 11.0. The highest BCUT2D eigenvalue weighted by molar-refractivity contribution is 6.01. The lowest BCUT2D eigenvalue weighted by atomic mass is 10.0. The maximum atomic E-state index is 13.2. The lowest BCUT2D eigenvalue weighted by Crippen LogP contribution is -2.44. The number of amides is 2. The van der Waals surface area contributed by atoms with E-state index in [0.29, 0.717) is 29.8 Å². The summed E-state index contributed by atoms with van der Waals surface area (Å²) in [7, 11) is 1.58. The zero-order chi connectivity index (χ0) is 23.8. The van der Waals surface area contributed by atoms with Crippen LogP contribution in [0.4, 0.5) is 5.69 Å². The quantitative estimate of drug-likeness (QED) is 0.348. The molecule has 0 spiro atoms.